The molecule has 0 aromatic carbocycles. The SMILES string of the molecule is CCC1(C(=O)N2CCC(N3CCCCC3)C2)CCNCC1. The maximum Gasteiger partial charge on any atom is 0.228 e. The summed E-state index contributed by atoms with van der Waals surface area (Å²) in [7, 11) is 0. The molecule has 0 bridgehead atoms. The zero-order chi connectivity index (χ0) is 14.7. The first kappa shape index (κ1) is 15.3. The van der Waals surface area contributed by atoms with Crippen molar-refractivity contribution in [3.8, 4) is 0 Å². The lowest BCUT2D eigenvalue weighted by molar-refractivity contribution is -0.143. The molecular formula is C17H31N3O. The molecule has 1 N–H and O–H groups in total. The second-order valence-corrected chi connectivity index (χ2v) is 7.17. The van der Waals surface area contributed by atoms with Crippen LogP contribution in [0.1, 0.15) is 51.9 Å². The minimum atomic E-state index is -0.0674. The lowest BCUT2D eigenvalue weighted by Crippen LogP contribution is -2.49. The van der Waals surface area contributed by atoms with Crippen LogP contribution in [0.15, 0.2) is 0 Å². The van der Waals surface area contributed by atoms with Gasteiger partial charge in [-0.05, 0) is 64.7 Å². The van der Waals surface area contributed by atoms with Crippen LogP contribution in [0.25, 0.3) is 0 Å². The minimum absolute atomic E-state index is 0.0674. The molecular weight excluding hydrogens is 262 g/mol. The van der Waals surface area contributed by atoms with Gasteiger partial charge in [-0.3, -0.25) is 9.69 Å². The summed E-state index contributed by atoms with van der Waals surface area (Å²) in [6, 6.07) is 0.630. The fourth-order valence-corrected chi connectivity index (χ4v) is 4.47. The molecule has 0 aromatic heterocycles. The Kier molecular flexibility index (Phi) is 4.85. The molecule has 4 heteroatoms. The van der Waals surface area contributed by atoms with Crippen LogP contribution in [0.4, 0.5) is 0 Å². The molecule has 1 unspecified atom stereocenters. The molecule has 1 atom stereocenters. The fraction of sp³-hybridized carbons (Fsp3) is 0.941. The van der Waals surface area contributed by atoms with Crippen molar-refractivity contribution in [2.75, 3.05) is 39.3 Å². The third-order valence-electron chi connectivity index (χ3n) is 6.05. The molecule has 3 fully saturated rings. The molecule has 0 radical (unpaired) electrons. The monoisotopic (exact) mass is 293 g/mol. The highest BCUT2D eigenvalue weighted by Crippen LogP contribution is 2.36. The van der Waals surface area contributed by atoms with Crippen LogP contribution in [0.2, 0.25) is 0 Å². The Balaban J connectivity index is 1.60. The molecule has 3 aliphatic rings. The molecule has 3 saturated heterocycles. The summed E-state index contributed by atoms with van der Waals surface area (Å²) in [5, 5.41) is 3.40. The third-order valence-corrected chi connectivity index (χ3v) is 6.05. The maximum atomic E-state index is 13.1. The Bertz CT molecular complexity index is 359. The molecule has 0 aromatic rings. The Morgan fingerprint density at radius 2 is 1.86 bits per heavy atom. The van der Waals surface area contributed by atoms with E-state index in [1.807, 2.05) is 0 Å². The van der Waals surface area contributed by atoms with Gasteiger partial charge >= 0.3 is 0 Å². The smallest absolute Gasteiger partial charge is 0.228 e. The Morgan fingerprint density at radius 3 is 2.52 bits per heavy atom. The van der Waals surface area contributed by atoms with Crippen LogP contribution in [-0.2, 0) is 4.79 Å². The van der Waals surface area contributed by atoms with E-state index in [9.17, 15) is 4.79 Å². The first-order valence-corrected chi connectivity index (χ1v) is 8.99. The van der Waals surface area contributed by atoms with Crippen molar-refractivity contribution in [3.05, 3.63) is 0 Å². The van der Waals surface area contributed by atoms with E-state index in [0.717, 1.165) is 45.4 Å². The molecule has 3 aliphatic heterocycles. The summed E-state index contributed by atoms with van der Waals surface area (Å²) >= 11 is 0. The molecule has 0 saturated carbocycles. The Hall–Kier alpha value is -0.610. The van der Waals surface area contributed by atoms with E-state index in [2.05, 4.69) is 22.0 Å². The van der Waals surface area contributed by atoms with Crippen molar-refractivity contribution < 1.29 is 4.79 Å². The van der Waals surface area contributed by atoms with E-state index in [4.69, 9.17) is 0 Å². The number of nitrogens with zero attached hydrogens (tertiary/aromatic N) is 2. The number of carbonyl (C=O) groups excluding carboxylic acids is 1. The zero-order valence-electron chi connectivity index (χ0n) is 13.6. The number of likely N-dealkylation sites (tertiary alicyclic amines) is 2. The molecule has 3 heterocycles. The van der Waals surface area contributed by atoms with Gasteiger partial charge in [0.25, 0.3) is 0 Å². The third kappa shape index (κ3) is 3.11. The van der Waals surface area contributed by atoms with Gasteiger partial charge in [-0.25, -0.2) is 0 Å². The first-order chi connectivity index (χ1) is 10.2. The van der Waals surface area contributed by atoms with Crippen LogP contribution >= 0.6 is 0 Å². The van der Waals surface area contributed by atoms with Crippen LogP contribution in [-0.4, -0.2) is 61.0 Å². The lowest BCUT2D eigenvalue weighted by Gasteiger charge is -2.39. The predicted molar refractivity (Wildman–Crippen MR) is 85.2 cm³/mol. The van der Waals surface area contributed by atoms with Gasteiger partial charge in [0.1, 0.15) is 0 Å². The molecule has 0 aliphatic carbocycles. The quantitative estimate of drug-likeness (QED) is 0.862. The fourth-order valence-electron chi connectivity index (χ4n) is 4.47. The van der Waals surface area contributed by atoms with E-state index >= 15 is 0 Å². The zero-order valence-corrected chi connectivity index (χ0v) is 13.6. The summed E-state index contributed by atoms with van der Waals surface area (Å²) in [4.78, 5) is 17.9. The normalized spacial score (nSPS) is 30.5. The predicted octanol–water partition coefficient (Wildman–Crippen LogP) is 1.85. The average Bonchev–Trinajstić information content (AvgIpc) is 3.05. The summed E-state index contributed by atoms with van der Waals surface area (Å²) < 4.78 is 0. The summed E-state index contributed by atoms with van der Waals surface area (Å²) in [5.74, 6) is 0.450. The lowest BCUT2D eigenvalue weighted by atomic mass is 9.75. The molecule has 1 amide bonds. The van der Waals surface area contributed by atoms with Crippen LogP contribution in [0.3, 0.4) is 0 Å². The molecule has 120 valence electrons. The Morgan fingerprint density at radius 1 is 1.14 bits per heavy atom. The first-order valence-electron chi connectivity index (χ1n) is 8.99. The van der Waals surface area contributed by atoms with Crippen molar-refractivity contribution in [2.45, 2.75) is 57.9 Å². The standard InChI is InChI=1S/C17H31N3O/c1-2-17(7-9-18-10-8-17)16(21)20-13-6-15(14-20)19-11-4-3-5-12-19/h15,18H,2-14H2,1H3. The van der Waals surface area contributed by atoms with Gasteiger partial charge in [0.2, 0.25) is 5.91 Å². The number of hydrogen-bond donors (Lipinski definition) is 1. The second-order valence-electron chi connectivity index (χ2n) is 7.17. The van der Waals surface area contributed by atoms with Crippen LogP contribution in [0.5, 0.6) is 0 Å². The molecule has 21 heavy (non-hydrogen) atoms. The maximum absolute atomic E-state index is 13.1. The number of piperidine rings is 2. The van der Waals surface area contributed by atoms with Gasteiger partial charge in [-0.15, -0.1) is 0 Å². The van der Waals surface area contributed by atoms with E-state index in [0.29, 0.717) is 11.9 Å². The highest BCUT2D eigenvalue weighted by molar-refractivity contribution is 5.83. The highest BCUT2D eigenvalue weighted by atomic mass is 16.2. The highest BCUT2D eigenvalue weighted by Gasteiger charge is 2.43. The number of carbonyl (C=O) groups is 1. The molecule has 4 nitrogen and oxygen atoms in total. The van der Waals surface area contributed by atoms with Crippen LogP contribution < -0.4 is 5.32 Å². The van der Waals surface area contributed by atoms with Gasteiger partial charge in [-0.1, -0.05) is 13.3 Å². The average molecular weight is 293 g/mol. The summed E-state index contributed by atoms with van der Waals surface area (Å²) in [6.07, 6.45) is 8.30. The Labute approximate surface area is 129 Å². The van der Waals surface area contributed by atoms with E-state index in [-0.39, 0.29) is 5.41 Å². The second kappa shape index (κ2) is 6.66. The van der Waals surface area contributed by atoms with Gasteiger partial charge in [0, 0.05) is 19.1 Å². The topological polar surface area (TPSA) is 35.6 Å². The number of amides is 1. The molecule has 0 spiro atoms. The van der Waals surface area contributed by atoms with E-state index in [1.54, 1.807) is 0 Å². The largest absolute Gasteiger partial charge is 0.341 e. The summed E-state index contributed by atoms with van der Waals surface area (Å²) in [5.41, 5.74) is -0.0674. The van der Waals surface area contributed by atoms with Gasteiger partial charge in [-0.2, -0.15) is 0 Å². The van der Waals surface area contributed by atoms with Gasteiger partial charge in [0.05, 0.1) is 5.41 Å². The summed E-state index contributed by atoms with van der Waals surface area (Å²) in [6.45, 7) is 8.65. The number of hydrogen-bond acceptors (Lipinski definition) is 3. The van der Waals surface area contributed by atoms with Crippen LogP contribution in [0, 0.1) is 5.41 Å². The van der Waals surface area contributed by atoms with Crippen molar-refractivity contribution in [1.29, 1.82) is 0 Å². The van der Waals surface area contributed by atoms with Gasteiger partial charge < -0.3 is 10.2 Å². The number of nitrogens with one attached hydrogen (secondary N) is 1. The van der Waals surface area contributed by atoms with E-state index in [1.165, 1.54) is 38.8 Å². The minimum Gasteiger partial charge on any atom is -0.341 e. The van der Waals surface area contributed by atoms with Crippen molar-refractivity contribution >= 4 is 5.91 Å². The van der Waals surface area contributed by atoms with Crippen molar-refractivity contribution in [2.24, 2.45) is 5.41 Å². The number of rotatable bonds is 3. The molecule has 3 rings (SSSR count). The van der Waals surface area contributed by atoms with Crippen molar-refractivity contribution in [1.82, 2.24) is 15.1 Å². The van der Waals surface area contributed by atoms with Gasteiger partial charge in [0.15, 0.2) is 0 Å². The van der Waals surface area contributed by atoms with E-state index < -0.39 is 0 Å². The van der Waals surface area contributed by atoms with Crippen molar-refractivity contribution in [3.63, 3.8) is 0 Å².